The van der Waals surface area contributed by atoms with Crippen LogP contribution in [0.1, 0.15) is 41.4 Å². The lowest BCUT2D eigenvalue weighted by atomic mass is 9.70. The zero-order valence-corrected chi connectivity index (χ0v) is 9.66. The third-order valence-electron chi connectivity index (χ3n) is 3.83. The zero-order valence-electron chi connectivity index (χ0n) is 9.66. The van der Waals surface area contributed by atoms with Crippen molar-refractivity contribution in [3.8, 4) is 11.5 Å². The van der Waals surface area contributed by atoms with Crippen LogP contribution in [0.4, 0.5) is 0 Å². The molecular weight excluding hydrogens is 200 g/mol. The minimum absolute atomic E-state index is 0.384. The van der Waals surface area contributed by atoms with Gasteiger partial charge in [0.25, 0.3) is 0 Å². The molecular formula is C14H16O2. The lowest BCUT2D eigenvalue weighted by Gasteiger charge is -2.35. The topological polar surface area (TPSA) is 29.5 Å². The number of hydrogen-bond donors (Lipinski definition) is 1. The van der Waals surface area contributed by atoms with Gasteiger partial charge in [0.15, 0.2) is 0 Å². The smallest absolute Gasteiger partial charge is 0.126 e. The van der Waals surface area contributed by atoms with Crippen LogP contribution in [0, 0.1) is 6.92 Å². The Balaban J connectivity index is 2.31. The maximum atomic E-state index is 10.1. The Morgan fingerprint density at radius 3 is 2.38 bits per heavy atom. The molecule has 16 heavy (non-hydrogen) atoms. The molecule has 0 radical (unpaired) electrons. The Morgan fingerprint density at radius 2 is 1.81 bits per heavy atom. The van der Waals surface area contributed by atoms with Crippen LogP contribution in [0.3, 0.4) is 0 Å². The molecule has 4 rings (SSSR count). The zero-order chi connectivity index (χ0) is 11.3. The monoisotopic (exact) mass is 216 g/mol. The number of benzene rings is 1. The number of phenolic OH excluding ortho intramolecular Hbond substituents is 1. The summed E-state index contributed by atoms with van der Waals surface area (Å²) in [5, 5.41) is 10.1. The lowest BCUT2D eigenvalue weighted by Crippen LogP contribution is -2.18. The van der Waals surface area contributed by atoms with Crippen molar-refractivity contribution >= 4 is 0 Å². The summed E-state index contributed by atoms with van der Waals surface area (Å²) in [5.41, 5.74) is 3.35. The van der Waals surface area contributed by atoms with Crippen molar-refractivity contribution < 1.29 is 9.84 Å². The second-order valence-corrected chi connectivity index (χ2v) is 4.75. The molecule has 0 unspecified atom stereocenters. The van der Waals surface area contributed by atoms with E-state index in [4.69, 9.17) is 4.74 Å². The molecule has 0 saturated carbocycles. The Labute approximate surface area is 95.6 Å². The number of rotatable bonds is 1. The van der Waals surface area contributed by atoms with E-state index in [0.29, 0.717) is 17.6 Å². The third kappa shape index (κ3) is 1.13. The highest BCUT2D eigenvalue weighted by Gasteiger charge is 2.34. The van der Waals surface area contributed by atoms with Crippen LogP contribution in [0.25, 0.3) is 0 Å². The van der Waals surface area contributed by atoms with Crippen molar-refractivity contribution in [1.29, 1.82) is 0 Å². The average Bonchev–Trinajstić information content (AvgIpc) is 2.30. The molecule has 0 heterocycles. The summed E-state index contributed by atoms with van der Waals surface area (Å²) in [6.45, 7) is 1.99. The Hall–Kier alpha value is -1.44. The molecule has 0 aromatic heterocycles. The quantitative estimate of drug-likeness (QED) is 0.730. The minimum Gasteiger partial charge on any atom is -0.508 e. The predicted molar refractivity (Wildman–Crippen MR) is 63.3 cm³/mol. The van der Waals surface area contributed by atoms with Crippen LogP contribution in [0.15, 0.2) is 18.2 Å². The fraction of sp³-hybridized carbons (Fsp3) is 0.429. The fourth-order valence-electron chi connectivity index (χ4n) is 3.15. The molecule has 84 valence electrons. The van der Waals surface area contributed by atoms with Crippen molar-refractivity contribution in [2.75, 3.05) is 7.11 Å². The number of fused-ring (bicyclic) bond motifs is 1. The Kier molecular flexibility index (Phi) is 2.00. The summed E-state index contributed by atoms with van der Waals surface area (Å²) in [6, 6.07) is 1.83. The first kappa shape index (κ1) is 9.76. The van der Waals surface area contributed by atoms with E-state index in [-0.39, 0.29) is 0 Å². The summed E-state index contributed by atoms with van der Waals surface area (Å²) in [7, 11) is 1.71. The molecule has 0 fully saturated rings. The maximum absolute atomic E-state index is 10.1. The van der Waals surface area contributed by atoms with E-state index in [1.807, 2.05) is 13.0 Å². The van der Waals surface area contributed by atoms with Crippen LogP contribution in [-0.4, -0.2) is 12.2 Å². The van der Waals surface area contributed by atoms with E-state index < -0.39 is 0 Å². The van der Waals surface area contributed by atoms with E-state index in [9.17, 15) is 5.11 Å². The largest absolute Gasteiger partial charge is 0.508 e. The van der Waals surface area contributed by atoms with Gasteiger partial charge in [-0.2, -0.15) is 0 Å². The Morgan fingerprint density at radius 1 is 1.19 bits per heavy atom. The van der Waals surface area contributed by atoms with Crippen LogP contribution in [0.2, 0.25) is 0 Å². The minimum atomic E-state index is 0.384. The Bertz CT molecular complexity index is 474. The van der Waals surface area contributed by atoms with Gasteiger partial charge in [-0.05, 0) is 31.4 Å². The van der Waals surface area contributed by atoms with Crippen LogP contribution in [0.5, 0.6) is 11.5 Å². The number of methoxy groups -OCH3 is 1. The molecule has 2 bridgehead atoms. The highest BCUT2D eigenvalue weighted by Crippen LogP contribution is 2.52. The summed E-state index contributed by atoms with van der Waals surface area (Å²) in [5.74, 6) is 2.22. The second-order valence-electron chi connectivity index (χ2n) is 4.75. The van der Waals surface area contributed by atoms with Crippen LogP contribution in [-0.2, 0) is 0 Å². The summed E-state index contributed by atoms with van der Waals surface area (Å²) >= 11 is 0. The third-order valence-corrected chi connectivity index (χ3v) is 3.83. The molecule has 1 aromatic carbocycles. The summed E-state index contributed by atoms with van der Waals surface area (Å²) in [4.78, 5) is 0. The van der Waals surface area contributed by atoms with E-state index in [0.717, 1.165) is 23.3 Å². The number of ether oxygens (including phenoxy) is 1. The van der Waals surface area contributed by atoms with E-state index in [2.05, 4.69) is 12.2 Å². The second kappa shape index (κ2) is 3.27. The first-order chi connectivity index (χ1) is 7.72. The van der Waals surface area contributed by atoms with Gasteiger partial charge in [0, 0.05) is 23.0 Å². The molecule has 0 saturated heterocycles. The van der Waals surface area contributed by atoms with Crippen molar-refractivity contribution in [2.24, 2.45) is 0 Å². The molecule has 1 aromatic rings. The number of hydrogen-bond acceptors (Lipinski definition) is 2. The van der Waals surface area contributed by atoms with Gasteiger partial charge in [-0.3, -0.25) is 0 Å². The van der Waals surface area contributed by atoms with Gasteiger partial charge < -0.3 is 9.84 Å². The molecule has 3 aliphatic carbocycles. The van der Waals surface area contributed by atoms with Gasteiger partial charge in [-0.1, -0.05) is 12.2 Å². The van der Waals surface area contributed by atoms with Gasteiger partial charge in [-0.25, -0.2) is 0 Å². The molecule has 2 nitrogen and oxygen atoms in total. The lowest BCUT2D eigenvalue weighted by molar-refractivity contribution is 0.387. The number of allylic oxidation sites excluding steroid dienone is 2. The van der Waals surface area contributed by atoms with E-state index >= 15 is 0 Å². The van der Waals surface area contributed by atoms with Gasteiger partial charge in [-0.15, -0.1) is 0 Å². The standard InChI is InChI=1S/C14H16O2/c1-8-7-11(15)12-9-3-5-10(6-4-9)13(12)14(8)16-2/h3,5,7,9-10,15H,4,6H2,1-2H3/t9-,10+/m1/s1. The maximum Gasteiger partial charge on any atom is 0.126 e. The first-order valence-corrected chi connectivity index (χ1v) is 5.81. The SMILES string of the molecule is COc1c(C)cc(O)c2c1[C@H]1C=C[C@@H]2CC1. The predicted octanol–water partition coefficient (Wildman–Crippen LogP) is 3.24. The van der Waals surface area contributed by atoms with E-state index in [1.54, 1.807) is 7.11 Å². The number of phenols is 1. The van der Waals surface area contributed by atoms with Gasteiger partial charge >= 0.3 is 0 Å². The van der Waals surface area contributed by atoms with Crippen molar-refractivity contribution in [2.45, 2.75) is 31.6 Å². The molecule has 2 atom stereocenters. The average molecular weight is 216 g/mol. The number of aromatic hydroxyl groups is 1. The number of aryl methyl sites for hydroxylation is 1. The van der Waals surface area contributed by atoms with Crippen molar-refractivity contribution in [3.05, 3.63) is 34.9 Å². The van der Waals surface area contributed by atoms with Gasteiger partial charge in [0.05, 0.1) is 7.11 Å². The normalized spacial score (nSPS) is 25.6. The van der Waals surface area contributed by atoms with E-state index in [1.165, 1.54) is 12.0 Å². The fourth-order valence-corrected chi connectivity index (χ4v) is 3.15. The molecule has 0 amide bonds. The molecule has 3 aliphatic rings. The van der Waals surface area contributed by atoms with Crippen molar-refractivity contribution in [3.63, 3.8) is 0 Å². The van der Waals surface area contributed by atoms with Crippen LogP contribution < -0.4 is 4.74 Å². The molecule has 2 heteroatoms. The summed E-state index contributed by atoms with van der Waals surface area (Å²) in [6.07, 6.45) is 6.81. The van der Waals surface area contributed by atoms with Crippen LogP contribution >= 0.6 is 0 Å². The van der Waals surface area contributed by atoms with Gasteiger partial charge in [0.1, 0.15) is 11.5 Å². The highest BCUT2D eigenvalue weighted by atomic mass is 16.5. The first-order valence-electron chi connectivity index (χ1n) is 5.81. The molecule has 0 aliphatic heterocycles. The van der Waals surface area contributed by atoms with Crippen molar-refractivity contribution in [1.82, 2.24) is 0 Å². The van der Waals surface area contributed by atoms with Gasteiger partial charge in [0.2, 0.25) is 0 Å². The summed E-state index contributed by atoms with van der Waals surface area (Å²) < 4.78 is 5.51. The molecule has 1 N–H and O–H groups in total. The molecule has 0 spiro atoms. The highest BCUT2D eigenvalue weighted by molar-refractivity contribution is 5.60.